The van der Waals surface area contributed by atoms with Gasteiger partial charge in [0.1, 0.15) is 13.5 Å². The Morgan fingerprint density at radius 2 is 1.67 bits per heavy atom. The van der Waals surface area contributed by atoms with Gasteiger partial charge in [0.2, 0.25) is 0 Å². The average Bonchev–Trinajstić information content (AvgIpc) is 2.09. The van der Waals surface area contributed by atoms with Crippen LogP contribution in [0.5, 0.6) is 0 Å². The minimum absolute atomic E-state index is 0.491. The molecule has 0 aliphatic rings. The van der Waals surface area contributed by atoms with Crippen molar-refractivity contribution in [2.75, 3.05) is 0 Å². The molecule has 0 amide bonds. The minimum Gasteiger partial charge on any atom is -0.305 e. The molecule has 0 atom stereocenters. The maximum atomic E-state index is 11.7. The van der Waals surface area contributed by atoms with Gasteiger partial charge in [0.25, 0.3) is 0 Å². The lowest BCUT2D eigenvalue weighted by Gasteiger charge is -2.25. The van der Waals surface area contributed by atoms with Gasteiger partial charge in [0, 0.05) is 6.42 Å². The van der Waals surface area contributed by atoms with Crippen molar-refractivity contribution in [2.45, 2.75) is 45.3 Å². The van der Waals surface area contributed by atoms with Crippen molar-refractivity contribution >= 4 is 13.5 Å². The van der Waals surface area contributed by atoms with Crippen LogP contribution in [-0.2, 0) is 4.79 Å². The van der Waals surface area contributed by atoms with E-state index in [0.717, 1.165) is 18.1 Å². The smallest absolute Gasteiger partial charge is 0.132 e. The summed E-state index contributed by atoms with van der Waals surface area (Å²) in [6, 6.07) is 3.27. The van der Waals surface area contributed by atoms with Gasteiger partial charge >= 0.3 is 0 Å². The minimum atomic E-state index is -1.55. The normalized spacial score (nSPS) is 11.2. The van der Waals surface area contributed by atoms with Crippen molar-refractivity contribution in [2.24, 2.45) is 0 Å². The SMILES string of the molecule is C=CCC(=O)[Si](CC)(CC)CC. The molecule has 0 unspecified atom stereocenters. The van der Waals surface area contributed by atoms with Gasteiger partial charge in [-0.2, -0.15) is 0 Å². The van der Waals surface area contributed by atoms with E-state index >= 15 is 0 Å². The molecule has 1 nitrogen and oxygen atoms in total. The second kappa shape index (κ2) is 5.30. The molecule has 0 bridgehead atoms. The molecular formula is C10H20OSi. The van der Waals surface area contributed by atoms with E-state index in [1.165, 1.54) is 0 Å². The van der Waals surface area contributed by atoms with Gasteiger partial charge in [-0.25, -0.2) is 0 Å². The van der Waals surface area contributed by atoms with Crippen LogP contribution in [-0.4, -0.2) is 13.5 Å². The van der Waals surface area contributed by atoms with E-state index in [1.54, 1.807) is 6.08 Å². The molecule has 0 spiro atoms. The van der Waals surface area contributed by atoms with E-state index in [2.05, 4.69) is 27.4 Å². The number of hydrogen-bond donors (Lipinski definition) is 0. The van der Waals surface area contributed by atoms with Gasteiger partial charge in [0.15, 0.2) is 0 Å². The Labute approximate surface area is 76.9 Å². The van der Waals surface area contributed by atoms with Crippen molar-refractivity contribution in [1.29, 1.82) is 0 Å². The monoisotopic (exact) mass is 184 g/mol. The van der Waals surface area contributed by atoms with E-state index in [9.17, 15) is 4.79 Å². The molecule has 0 heterocycles. The first kappa shape index (κ1) is 11.6. The lowest BCUT2D eigenvalue weighted by Crippen LogP contribution is -2.41. The number of hydrogen-bond acceptors (Lipinski definition) is 1. The number of carbonyl (C=O) groups is 1. The van der Waals surface area contributed by atoms with Gasteiger partial charge in [-0.1, -0.05) is 45.0 Å². The van der Waals surface area contributed by atoms with E-state index < -0.39 is 8.07 Å². The molecule has 0 fully saturated rings. The Balaban J connectivity index is 4.46. The Morgan fingerprint density at radius 1 is 1.25 bits per heavy atom. The summed E-state index contributed by atoms with van der Waals surface area (Å²) in [5.41, 5.74) is 0. The van der Waals surface area contributed by atoms with E-state index in [4.69, 9.17) is 0 Å². The Hall–Kier alpha value is -0.373. The van der Waals surface area contributed by atoms with Crippen LogP contribution < -0.4 is 0 Å². The lowest BCUT2D eigenvalue weighted by atomic mass is 10.5. The average molecular weight is 184 g/mol. The first-order valence-corrected chi connectivity index (χ1v) is 7.43. The zero-order valence-corrected chi connectivity index (χ0v) is 9.52. The molecule has 0 saturated heterocycles. The standard InChI is InChI=1S/C10H20OSi/c1-5-9-10(11)12(6-2,7-3)8-4/h5H,1,6-9H2,2-4H3. The number of allylic oxidation sites excluding steroid dienone is 1. The van der Waals surface area contributed by atoms with Crippen molar-refractivity contribution in [1.82, 2.24) is 0 Å². The maximum absolute atomic E-state index is 11.7. The fraction of sp³-hybridized carbons (Fsp3) is 0.700. The summed E-state index contributed by atoms with van der Waals surface area (Å²) in [6.45, 7) is 10.1. The molecule has 2 heteroatoms. The topological polar surface area (TPSA) is 17.1 Å². The fourth-order valence-electron chi connectivity index (χ4n) is 1.69. The highest BCUT2D eigenvalue weighted by atomic mass is 28.3. The molecule has 0 saturated carbocycles. The molecule has 0 aromatic rings. The van der Waals surface area contributed by atoms with Crippen molar-refractivity contribution in [3.63, 3.8) is 0 Å². The summed E-state index contributed by atoms with van der Waals surface area (Å²) >= 11 is 0. The molecule has 0 aliphatic carbocycles. The van der Waals surface area contributed by atoms with Gasteiger partial charge in [-0.05, 0) is 0 Å². The van der Waals surface area contributed by atoms with Crippen LogP contribution in [0.25, 0.3) is 0 Å². The first-order valence-electron chi connectivity index (χ1n) is 4.81. The molecule has 0 N–H and O–H groups in total. The van der Waals surface area contributed by atoms with Crippen LogP contribution in [0.1, 0.15) is 27.2 Å². The number of rotatable bonds is 6. The predicted octanol–water partition coefficient (Wildman–Crippen LogP) is 3.18. The van der Waals surface area contributed by atoms with Gasteiger partial charge in [0.05, 0.1) is 0 Å². The molecule has 0 aromatic carbocycles. The first-order chi connectivity index (χ1) is 5.66. The van der Waals surface area contributed by atoms with E-state index in [0.29, 0.717) is 11.8 Å². The van der Waals surface area contributed by atoms with E-state index in [1.807, 2.05) is 0 Å². The Kier molecular flexibility index (Phi) is 5.14. The van der Waals surface area contributed by atoms with Crippen molar-refractivity contribution < 1.29 is 4.79 Å². The van der Waals surface area contributed by atoms with E-state index in [-0.39, 0.29) is 0 Å². The van der Waals surface area contributed by atoms with Gasteiger partial charge < -0.3 is 4.79 Å². The zero-order chi connectivity index (χ0) is 9.61. The maximum Gasteiger partial charge on any atom is 0.132 e. The zero-order valence-electron chi connectivity index (χ0n) is 8.52. The quantitative estimate of drug-likeness (QED) is 0.458. The highest BCUT2D eigenvalue weighted by molar-refractivity contribution is 7.06. The Bertz CT molecular complexity index is 151. The molecule has 0 rings (SSSR count). The summed E-state index contributed by atoms with van der Waals surface area (Å²) in [5.74, 6) is 0. The van der Waals surface area contributed by atoms with Crippen LogP contribution in [0, 0.1) is 0 Å². The lowest BCUT2D eigenvalue weighted by molar-refractivity contribution is -0.112. The number of carbonyl (C=O) groups excluding carboxylic acids is 1. The predicted molar refractivity (Wildman–Crippen MR) is 57.0 cm³/mol. The molecule has 12 heavy (non-hydrogen) atoms. The summed E-state index contributed by atoms with van der Waals surface area (Å²) in [4.78, 5) is 11.7. The summed E-state index contributed by atoms with van der Waals surface area (Å²) < 4.78 is 0. The van der Waals surface area contributed by atoms with Gasteiger partial charge in [-0.15, -0.1) is 6.58 Å². The van der Waals surface area contributed by atoms with Crippen LogP contribution in [0.2, 0.25) is 18.1 Å². The third-order valence-corrected chi connectivity index (χ3v) is 8.40. The van der Waals surface area contributed by atoms with Crippen LogP contribution in [0.15, 0.2) is 12.7 Å². The summed E-state index contributed by atoms with van der Waals surface area (Å²) in [5, 5.41) is 0.491. The second-order valence-electron chi connectivity index (χ2n) is 3.26. The molecule has 0 radical (unpaired) electrons. The van der Waals surface area contributed by atoms with Crippen molar-refractivity contribution in [3.8, 4) is 0 Å². The molecule has 0 aromatic heterocycles. The highest BCUT2D eigenvalue weighted by Gasteiger charge is 2.34. The molecule has 0 aliphatic heterocycles. The second-order valence-corrected chi connectivity index (χ2v) is 8.50. The molecular weight excluding hydrogens is 164 g/mol. The largest absolute Gasteiger partial charge is 0.305 e. The Morgan fingerprint density at radius 3 is 1.92 bits per heavy atom. The van der Waals surface area contributed by atoms with Crippen LogP contribution in [0.3, 0.4) is 0 Å². The van der Waals surface area contributed by atoms with Gasteiger partial charge in [-0.3, -0.25) is 0 Å². The third-order valence-electron chi connectivity index (χ3n) is 2.95. The third kappa shape index (κ3) is 2.31. The van der Waals surface area contributed by atoms with Crippen LogP contribution >= 0.6 is 0 Å². The summed E-state index contributed by atoms with van der Waals surface area (Å²) in [6.07, 6.45) is 2.33. The van der Waals surface area contributed by atoms with Crippen molar-refractivity contribution in [3.05, 3.63) is 12.7 Å². The highest BCUT2D eigenvalue weighted by Crippen LogP contribution is 2.22. The molecule has 70 valence electrons. The summed E-state index contributed by atoms with van der Waals surface area (Å²) in [7, 11) is -1.55. The van der Waals surface area contributed by atoms with Crippen LogP contribution in [0.4, 0.5) is 0 Å². The fourth-order valence-corrected chi connectivity index (χ4v) is 4.95.